The highest BCUT2D eigenvalue weighted by Crippen LogP contribution is 2.21. The second-order valence-electron chi connectivity index (χ2n) is 6.44. The predicted octanol–water partition coefficient (Wildman–Crippen LogP) is 1.99. The fourth-order valence-electron chi connectivity index (χ4n) is 2.46. The lowest BCUT2D eigenvalue weighted by atomic mass is 9.86. The molecule has 1 heterocycles. The highest BCUT2D eigenvalue weighted by molar-refractivity contribution is 5.82. The third-order valence-electron chi connectivity index (χ3n) is 3.93. The number of carbonyl (C=O) groups is 1. The number of carbonyl (C=O) groups excluding carboxylic acids is 1. The summed E-state index contributed by atoms with van der Waals surface area (Å²) in [6.07, 6.45) is 1.86. The summed E-state index contributed by atoms with van der Waals surface area (Å²) in [6.45, 7) is 7.60. The Morgan fingerprint density at radius 1 is 1.16 bits per heavy atom. The molecule has 1 atom stereocenters. The van der Waals surface area contributed by atoms with E-state index >= 15 is 0 Å². The van der Waals surface area contributed by atoms with E-state index in [-0.39, 0.29) is 11.3 Å². The highest BCUT2D eigenvalue weighted by atomic mass is 16.2. The van der Waals surface area contributed by atoms with E-state index in [2.05, 4.69) is 24.3 Å². The maximum atomic E-state index is 12.4. The van der Waals surface area contributed by atoms with Crippen molar-refractivity contribution in [2.24, 2.45) is 11.1 Å². The van der Waals surface area contributed by atoms with Crippen LogP contribution in [-0.2, 0) is 17.6 Å². The van der Waals surface area contributed by atoms with Crippen LogP contribution in [0.15, 0.2) is 24.3 Å². The van der Waals surface area contributed by atoms with Crippen LogP contribution in [0, 0.1) is 5.41 Å². The smallest absolute Gasteiger partial charge is 0.240 e. The first-order valence-electron chi connectivity index (χ1n) is 7.01. The lowest BCUT2D eigenvalue weighted by Crippen LogP contribution is -2.51. The Hall–Kier alpha value is -1.35. The number of hydrogen-bond acceptors (Lipinski definition) is 2. The van der Waals surface area contributed by atoms with Crippen molar-refractivity contribution in [1.82, 2.24) is 4.90 Å². The van der Waals surface area contributed by atoms with Gasteiger partial charge in [-0.05, 0) is 29.4 Å². The molecule has 0 fully saturated rings. The summed E-state index contributed by atoms with van der Waals surface area (Å²) in [7, 11) is 0. The van der Waals surface area contributed by atoms with Crippen molar-refractivity contribution in [2.45, 2.75) is 39.7 Å². The van der Waals surface area contributed by atoms with Gasteiger partial charge in [-0.2, -0.15) is 0 Å². The van der Waals surface area contributed by atoms with Gasteiger partial charge in [0, 0.05) is 13.1 Å². The Labute approximate surface area is 115 Å². The predicted molar refractivity (Wildman–Crippen MR) is 77.9 cm³/mol. The molecule has 1 aromatic rings. The fourth-order valence-corrected chi connectivity index (χ4v) is 2.46. The molecule has 0 bridgehead atoms. The number of hydrogen-bond donors (Lipinski definition) is 1. The number of fused-ring (bicyclic) bond motifs is 1. The molecule has 0 saturated carbocycles. The molecule has 0 spiro atoms. The largest absolute Gasteiger partial charge is 0.341 e. The van der Waals surface area contributed by atoms with E-state index < -0.39 is 6.04 Å². The summed E-state index contributed by atoms with van der Waals surface area (Å²) in [4.78, 5) is 14.4. The van der Waals surface area contributed by atoms with Crippen LogP contribution in [0.2, 0.25) is 0 Å². The first-order chi connectivity index (χ1) is 8.89. The second kappa shape index (κ2) is 5.33. The highest BCUT2D eigenvalue weighted by Gasteiger charge is 2.31. The molecular formula is C16H24N2O. The van der Waals surface area contributed by atoms with Crippen LogP contribution in [-0.4, -0.2) is 29.9 Å². The summed E-state index contributed by atoms with van der Waals surface area (Å²) in [5, 5.41) is 0. The van der Waals surface area contributed by atoms with E-state index in [4.69, 9.17) is 5.73 Å². The zero-order valence-corrected chi connectivity index (χ0v) is 12.1. The Morgan fingerprint density at radius 2 is 1.63 bits per heavy atom. The number of nitrogens with zero attached hydrogens (tertiary/aromatic N) is 1. The molecule has 1 aliphatic heterocycles. The van der Waals surface area contributed by atoms with E-state index in [1.54, 1.807) is 0 Å². The zero-order valence-electron chi connectivity index (χ0n) is 12.1. The first-order valence-corrected chi connectivity index (χ1v) is 7.01. The summed E-state index contributed by atoms with van der Waals surface area (Å²) < 4.78 is 0. The molecule has 1 aromatic carbocycles. The molecule has 0 saturated heterocycles. The summed E-state index contributed by atoms with van der Waals surface area (Å²) in [5.41, 5.74) is 8.63. The monoisotopic (exact) mass is 260 g/mol. The van der Waals surface area contributed by atoms with E-state index in [1.807, 2.05) is 25.7 Å². The van der Waals surface area contributed by atoms with Gasteiger partial charge in [0.2, 0.25) is 5.91 Å². The van der Waals surface area contributed by atoms with Crippen LogP contribution in [0.4, 0.5) is 0 Å². The fraction of sp³-hybridized carbons (Fsp3) is 0.562. The molecule has 0 radical (unpaired) electrons. The van der Waals surface area contributed by atoms with Gasteiger partial charge in [0.15, 0.2) is 0 Å². The summed E-state index contributed by atoms with van der Waals surface area (Å²) >= 11 is 0. The molecule has 19 heavy (non-hydrogen) atoms. The van der Waals surface area contributed by atoms with Crippen molar-refractivity contribution < 1.29 is 4.79 Å². The molecule has 104 valence electrons. The van der Waals surface area contributed by atoms with Gasteiger partial charge in [0.1, 0.15) is 0 Å². The van der Waals surface area contributed by atoms with E-state index in [9.17, 15) is 4.79 Å². The Bertz CT molecular complexity index is 435. The van der Waals surface area contributed by atoms with Crippen molar-refractivity contribution in [2.75, 3.05) is 13.1 Å². The van der Waals surface area contributed by atoms with Crippen molar-refractivity contribution in [1.29, 1.82) is 0 Å². The van der Waals surface area contributed by atoms with Crippen LogP contribution in [0.5, 0.6) is 0 Å². The molecule has 0 aromatic heterocycles. The molecule has 1 unspecified atom stereocenters. The van der Waals surface area contributed by atoms with Crippen molar-refractivity contribution >= 4 is 5.91 Å². The van der Waals surface area contributed by atoms with Gasteiger partial charge < -0.3 is 10.6 Å². The minimum atomic E-state index is -0.422. The quantitative estimate of drug-likeness (QED) is 0.839. The Kier molecular flexibility index (Phi) is 3.95. The minimum Gasteiger partial charge on any atom is -0.341 e. The number of rotatable bonds is 1. The topological polar surface area (TPSA) is 46.3 Å². The van der Waals surface area contributed by atoms with Gasteiger partial charge >= 0.3 is 0 Å². The lowest BCUT2D eigenvalue weighted by molar-refractivity contribution is -0.134. The van der Waals surface area contributed by atoms with Crippen LogP contribution >= 0.6 is 0 Å². The van der Waals surface area contributed by atoms with Crippen molar-refractivity contribution in [3.63, 3.8) is 0 Å². The van der Waals surface area contributed by atoms with Crippen LogP contribution in [0.3, 0.4) is 0 Å². The van der Waals surface area contributed by atoms with Gasteiger partial charge in [-0.25, -0.2) is 0 Å². The SMILES string of the molecule is CC(C)(C)C(N)C(=O)N1CCc2ccccc2CC1. The van der Waals surface area contributed by atoms with Gasteiger partial charge in [-0.1, -0.05) is 45.0 Å². The molecule has 3 heteroatoms. The Balaban J connectivity index is 2.08. The van der Waals surface area contributed by atoms with E-state index in [1.165, 1.54) is 11.1 Å². The maximum Gasteiger partial charge on any atom is 0.240 e. The summed E-state index contributed by atoms with van der Waals surface area (Å²) in [6, 6.07) is 8.03. The number of amides is 1. The third kappa shape index (κ3) is 3.16. The van der Waals surface area contributed by atoms with Gasteiger partial charge in [0.25, 0.3) is 0 Å². The molecule has 0 aliphatic carbocycles. The second-order valence-corrected chi connectivity index (χ2v) is 6.44. The van der Waals surface area contributed by atoms with Gasteiger partial charge in [0.05, 0.1) is 6.04 Å². The van der Waals surface area contributed by atoms with Crippen molar-refractivity contribution in [3.05, 3.63) is 35.4 Å². The average molecular weight is 260 g/mol. The van der Waals surface area contributed by atoms with Crippen molar-refractivity contribution in [3.8, 4) is 0 Å². The first kappa shape index (κ1) is 14.1. The standard InChI is InChI=1S/C16H24N2O/c1-16(2,3)14(17)15(19)18-10-8-12-6-4-5-7-13(12)9-11-18/h4-7,14H,8-11,17H2,1-3H3. The number of benzene rings is 1. The lowest BCUT2D eigenvalue weighted by Gasteiger charge is -2.31. The zero-order chi connectivity index (χ0) is 14.0. The molecule has 2 N–H and O–H groups in total. The minimum absolute atomic E-state index is 0.0836. The molecule has 2 rings (SSSR count). The van der Waals surface area contributed by atoms with Crippen LogP contribution < -0.4 is 5.73 Å². The molecule has 1 aliphatic rings. The number of nitrogens with two attached hydrogens (primary N) is 1. The van der Waals surface area contributed by atoms with Crippen LogP contribution in [0.1, 0.15) is 31.9 Å². The molecule has 3 nitrogen and oxygen atoms in total. The van der Waals surface area contributed by atoms with Gasteiger partial charge in [-0.3, -0.25) is 4.79 Å². The molecular weight excluding hydrogens is 236 g/mol. The maximum absolute atomic E-state index is 12.4. The Morgan fingerprint density at radius 3 is 2.05 bits per heavy atom. The third-order valence-corrected chi connectivity index (χ3v) is 3.93. The summed E-state index contributed by atoms with van der Waals surface area (Å²) in [5.74, 6) is 0.0836. The van der Waals surface area contributed by atoms with Crippen LogP contribution in [0.25, 0.3) is 0 Å². The van der Waals surface area contributed by atoms with Gasteiger partial charge in [-0.15, -0.1) is 0 Å². The average Bonchev–Trinajstić information content (AvgIpc) is 2.58. The normalized spacial score (nSPS) is 17.6. The molecule has 1 amide bonds. The van der Waals surface area contributed by atoms with E-state index in [0.29, 0.717) is 0 Å². The van der Waals surface area contributed by atoms with E-state index in [0.717, 1.165) is 25.9 Å².